The summed E-state index contributed by atoms with van der Waals surface area (Å²) >= 11 is 0. The highest BCUT2D eigenvalue weighted by Crippen LogP contribution is 2.30. The molecule has 0 radical (unpaired) electrons. The van der Waals surface area contributed by atoms with Crippen molar-refractivity contribution >= 4 is 11.6 Å². The molecule has 144 valence electrons. The van der Waals surface area contributed by atoms with E-state index in [0.717, 1.165) is 36.7 Å². The first kappa shape index (κ1) is 18.2. The van der Waals surface area contributed by atoms with E-state index in [9.17, 15) is 9.18 Å². The first-order valence-corrected chi connectivity index (χ1v) is 9.25. The summed E-state index contributed by atoms with van der Waals surface area (Å²) in [6, 6.07) is 13.5. The molecule has 0 saturated heterocycles. The highest BCUT2D eigenvalue weighted by atomic mass is 19.1. The molecule has 4 rings (SSSR count). The fourth-order valence-electron chi connectivity index (χ4n) is 3.48. The minimum atomic E-state index is -0.342. The summed E-state index contributed by atoms with van der Waals surface area (Å²) in [5.41, 5.74) is 1.91. The molecular formula is C21H21FN4O2. The Kier molecular flexibility index (Phi) is 5.06. The SMILES string of the molecule is Cc1nnc2n1C[C@H](c1cccc(NC(=O)COc3ccc(F)cc3)c1)CC2. The number of amides is 1. The quantitative estimate of drug-likeness (QED) is 0.736. The number of anilines is 1. The molecule has 3 aromatic rings. The van der Waals surface area contributed by atoms with Crippen molar-refractivity contribution in [3.8, 4) is 5.75 Å². The number of carbonyl (C=O) groups is 1. The highest BCUT2D eigenvalue weighted by molar-refractivity contribution is 5.91. The lowest BCUT2D eigenvalue weighted by Crippen LogP contribution is -2.21. The molecule has 1 N–H and O–H groups in total. The van der Waals surface area contributed by atoms with Crippen molar-refractivity contribution in [1.29, 1.82) is 0 Å². The molecule has 7 heteroatoms. The summed E-state index contributed by atoms with van der Waals surface area (Å²) in [5, 5.41) is 11.2. The number of halogens is 1. The summed E-state index contributed by atoms with van der Waals surface area (Å²) in [6.07, 6.45) is 1.90. The first-order chi connectivity index (χ1) is 13.6. The Labute approximate surface area is 162 Å². The van der Waals surface area contributed by atoms with Gasteiger partial charge in [-0.25, -0.2) is 4.39 Å². The van der Waals surface area contributed by atoms with Gasteiger partial charge in [-0.3, -0.25) is 4.79 Å². The Bertz CT molecular complexity index is 984. The minimum Gasteiger partial charge on any atom is -0.484 e. The smallest absolute Gasteiger partial charge is 0.262 e. The molecule has 0 aliphatic carbocycles. The monoisotopic (exact) mass is 380 g/mol. The standard InChI is InChI=1S/C21H21FN4O2/c1-14-24-25-20-10-5-16(12-26(14)20)15-3-2-4-18(11-15)23-21(27)13-28-19-8-6-17(22)7-9-19/h2-4,6-9,11,16H,5,10,12-13H2,1H3,(H,23,27)/t16-/m1/s1. The average molecular weight is 380 g/mol. The fraction of sp³-hybridized carbons (Fsp3) is 0.286. The number of nitrogens with zero attached hydrogens (tertiary/aromatic N) is 3. The molecule has 0 bridgehead atoms. The van der Waals surface area contributed by atoms with E-state index >= 15 is 0 Å². The Morgan fingerprint density at radius 2 is 2.07 bits per heavy atom. The van der Waals surface area contributed by atoms with Gasteiger partial charge in [0.25, 0.3) is 5.91 Å². The second-order valence-electron chi connectivity index (χ2n) is 6.93. The van der Waals surface area contributed by atoms with Gasteiger partial charge >= 0.3 is 0 Å². The van der Waals surface area contributed by atoms with Gasteiger partial charge in [0, 0.05) is 24.6 Å². The second-order valence-corrected chi connectivity index (χ2v) is 6.93. The number of hydrogen-bond donors (Lipinski definition) is 1. The van der Waals surface area contributed by atoms with E-state index in [1.807, 2.05) is 25.1 Å². The first-order valence-electron chi connectivity index (χ1n) is 9.25. The molecule has 0 spiro atoms. The molecule has 28 heavy (non-hydrogen) atoms. The van der Waals surface area contributed by atoms with Crippen molar-refractivity contribution in [2.45, 2.75) is 32.2 Å². The van der Waals surface area contributed by atoms with Crippen LogP contribution in [0.2, 0.25) is 0 Å². The normalized spacial score (nSPS) is 15.7. The van der Waals surface area contributed by atoms with Crippen molar-refractivity contribution in [3.05, 3.63) is 71.6 Å². The van der Waals surface area contributed by atoms with E-state index < -0.39 is 0 Å². The van der Waals surface area contributed by atoms with Crippen molar-refractivity contribution < 1.29 is 13.9 Å². The molecule has 1 atom stereocenters. The summed E-state index contributed by atoms with van der Waals surface area (Å²) in [6.45, 7) is 2.68. The third-order valence-electron chi connectivity index (χ3n) is 4.96. The van der Waals surface area contributed by atoms with Gasteiger partial charge in [0.1, 0.15) is 23.2 Å². The van der Waals surface area contributed by atoms with Crippen LogP contribution in [0, 0.1) is 12.7 Å². The van der Waals surface area contributed by atoms with E-state index in [1.165, 1.54) is 29.8 Å². The number of aryl methyl sites for hydroxylation is 2. The van der Waals surface area contributed by atoms with Gasteiger partial charge in [0.2, 0.25) is 0 Å². The largest absolute Gasteiger partial charge is 0.484 e. The van der Waals surface area contributed by atoms with Gasteiger partial charge in [0.15, 0.2) is 6.61 Å². The topological polar surface area (TPSA) is 69.0 Å². The van der Waals surface area contributed by atoms with Gasteiger partial charge in [-0.1, -0.05) is 12.1 Å². The Hall–Kier alpha value is -3.22. The van der Waals surface area contributed by atoms with Crippen LogP contribution in [0.5, 0.6) is 5.75 Å². The molecule has 1 aromatic heterocycles. The Balaban J connectivity index is 1.38. The number of nitrogens with one attached hydrogen (secondary N) is 1. The number of aromatic nitrogens is 3. The number of carbonyl (C=O) groups excluding carboxylic acids is 1. The molecule has 0 unspecified atom stereocenters. The van der Waals surface area contributed by atoms with E-state index in [2.05, 4.69) is 26.1 Å². The van der Waals surface area contributed by atoms with Crippen LogP contribution in [0.3, 0.4) is 0 Å². The number of benzene rings is 2. The third kappa shape index (κ3) is 4.03. The maximum atomic E-state index is 12.9. The van der Waals surface area contributed by atoms with Crippen molar-refractivity contribution in [3.63, 3.8) is 0 Å². The number of fused-ring (bicyclic) bond motifs is 1. The highest BCUT2D eigenvalue weighted by Gasteiger charge is 2.23. The van der Waals surface area contributed by atoms with E-state index in [4.69, 9.17) is 4.74 Å². The maximum absolute atomic E-state index is 12.9. The lowest BCUT2D eigenvalue weighted by molar-refractivity contribution is -0.118. The Morgan fingerprint density at radius 3 is 2.89 bits per heavy atom. The predicted octanol–water partition coefficient (Wildman–Crippen LogP) is 3.47. The molecule has 2 aromatic carbocycles. The molecular weight excluding hydrogens is 359 g/mol. The van der Waals surface area contributed by atoms with Crippen LogP contribution >= 0.6 is 0 Å². The van der Waals surface area contributed by atoms with Gasteiger partial charge in [-0.2, -0.15) is 0 Å². The maximum Gasteiger partial charge on any atom is 0.262 e. The van der Waals surface area contributed by atoms with E-state index in [1.54, 1.807) is 0 Å². The van der Waals surface area contributed by atoms with Gasteiger partial charge in [-0.05, 0) is 55.3 Å². The lowest BCUT2D eigenvalue weighted by atomic mass is 9.91. The molecule has 1 aliphatic rings. The number of ether oxygens (including phenoxy) is 1. The van der Waals surface area contributed by atoms with Crippen molar-refractivity contribution in [2.24, 2.45) is 0 Å². The minimum absolute atomic E-state index is 0.136. The lowest BCUT2D eigenvalue weighted by Gasteiger charge is -2.24. The fourth-order valence-corrected chi connectivity index (χ4v) is 3.48. The van der Waals surface area contributed by atoms with Crippen molar-refractivity contribution in [1.82, 2.24) is 14.8 Å². The second kappa shape index (κ2) is 7.80. The van der Waals surface area contributed by atoms with E-state index in [-0.39, 0.29) is 18.3 Å². The van der Waals surface area contributed by atoms with Gasteiger partial charge < -0.3 is 14.6 Å². The third-order valence-corrected chi connectivity index (χ3v) is 4.96. The molecule has 0 saturated carbocycles. The van der Waals surface area contributed by atoms with Crippen LogP contribution in [0.25, 0.3) is 0 Å². The van der Waals surface area contributed by atoms with Crippen LogP contribution < -0.4 is 10.1 Å². The Morgan fingerprint density at radius 1 is 1.25 bits per heavy atom. The molecule has 2 heterocycles. The van der Waals surface area contributed by atoms with Crippen LogP contribution in [-0.2, 0) is 17.8 Å². The zero-order valence-electron chi connectivity index (χ0n) is 15.6. The summed E-state index contributed by atoms with van der Waals surface area (Å²) < 4.78 is 20.5. The van der Waals surface area contributed by atoms with Crippen LogP contribution in [0.4, 0.5) is 10.1 Å². The zero-order valence-corrected chi connectivity index (χ0v) is 15.6. The summed E-state index contributed by atoms with van der Waals surface area (Å²) in [4.78, 5) is 12.2. The van der Waals surface area contributed by atoms with Gasteiger partial charge in [-0.15, -0.1) is 10.2 Å². The number of rotatable bonds is 5. The van der Waals surface area contributed by atoms with Crippen LogP contribution in [-0.4, -0.2) is 27.3 Å². The van der Waals surface area contributed by atoms with Crippen LogP contribution in [0.15, 0.2) is 48.5 Å². The van der Waals surface area contributed by atoms with Crippen molar-refractivity contribution in [2.75, 3.05) is 11.9 Å². The molecule has 6 nitrogen and oxygen atoms in total. The predicted molar refractivity (Wildman–Crippen MR) is 103 cm³/mol. The zero-order chi connectivity index (χ0) is 19.5. The average Bonchev–Trinajstić information content (AvgIpc) is 3.08. The molecule has 1 aliphatic heterocycles. The summed E-state index contributed by atoms with van der Waals surface area (Å²) in [7, 11) is 0. The summed E-state index contributed by atoms with van der Waals surface area (Å²) in [5.74, 6) is 2.17. The molecule has 0 fully saturated rings. The molecule has 1 amide bonds. The van der Waals surface area contributed by atoms with E-state index in [0.29, 0.717) is 11.7 Å². The van der Waals surface area contributed by atoms with Gasteiger partial charge in [0.05, 0.1) is 0 Å². The number of hydrogen-bond acceptors (Lipinski definition) is 4. The van der Waals surface area contributed by atoms with Crippen LogP contribution in [0.1, 0.15) is 29.6 Å².